The molecule has 1 aliphatic heterocycles. The third kappa shape index (κ3) is 5.34. The van der Waals surface area contributed by atoms with Gasteiger partial charge in [-0.1, -0.05) is 19.3 Å². The summed E-state index contributed by atoms with van der Waals surface area (Å²) in [6, 6.07) is -0.245. The lowest BCUT2D eigenvalue weighted by Gasteiger charge is -2.37. The number of rotatable bonds is 5. The Balaban J connectivity index is 1.59. The highest BCUT2D eigenvalue weighted by molar-refractivity contribution is 5.95. The van der Waals surface area contributed by atoms with E-state index in [0.29, 0.717) is 13.1 Å². The first-order chi connectivity index (χ1) is 10.0. The van der Waals surface area contributed by atoms with Crippen LogP contribution in [0.4, 0.5) is 4.79 Å². The Labute approximate surface area is 124 Å². The normalized spacial score (nSPS) is 20.6. The van der Waals surface area contributed by atoms with Gasteiger partial charge in [0.1, 0.15) is 0 Å². The number of carboxylic acids is 1. The molecule has 7 heteroatoms. The second kappa shape index (κ2) is 7.40. The molecule has 0 unspecified atom stereocenters. The van der Waals surface area contributed by atoms with Gasteiger partial charge < -0.3 is 10.4 Å². The van der Waals surface area contributed by atoms with Gasteiger partial charge in [0.25, 0.3) is 0 Å². The molecule has 2 fully saturated rings. The summed E-state index contributed by atoms with van der Waals surface area (Å²) in [6.07, 6.45) is 5.55. The molecule has 3 amide bonds. The molecule has 2 aliphatic rings. The fourth-order valence-electron chi connectivity index (χ4n) is 3.02. The smallest absolute Gasteiger partial charge is 0.321 e. The number of amides is 3. The topological polar surface area (TPSA) is 98.7 Å². The number of hydrogen-bond acceptors (Lipinski definition) is 4. The Bertz CT molecular complexity index is 401. The van der Waals surface area contributed by atoms with Gasteiger partial charge in [-0.05, 0) is 18.8 Å². The van der Waals surface area contributed by atoms with Crippen LogP contribution in [0.5, 0.6) is 0 Å². The summed E-state index contributed by atoms with van der Waals surface area (Å²) in [6.45, 7) is 1.35. The van der Waals surface area contributed by atoms with E-state index in [4.69, 9.17) is 5.11 Å². The molecule has 0 spiro atoms. The highest BCUT2D eigenvalue weighted by Crippen LogP contribution is 2.18. The van der Waals surface area contributed by atoms with Crippen LogP contribution in [-0.2, 0) is 9.59 Å². The fourth-order valence-corrected chi connectivity index (χ4v) is 3.02. The molecule has 0 aromatic carbocycles. The molecular formula is C14H23N3O4. The third-order valence-corrected chi connectivity index (χ3v) is 4.06. The van der Waals surface area contributed by atoms with Crippen LogP contribution in [0.2, 0.25) is 0 Å². The Kier molecular flexibility index (Phi) is 5.55. The van der Waals surface area contributed by atoms with Crippen molar-refractivity contribution in [3.8, 4) is 0 Å². The van der Waals surface area contributed by atoms with E-state index >= 15 is 0 Å². The number of carboxylic acid groups (broad SMARTS) is 1. The van der Waals surface area contributed by atoms with Crippen molar-refractivity contribution in [2.45, 2.75) is 44.6 Å². The zero-order valence-electron chi connectivity index (χ0n) is 12.1. The summed E-state index contributed by atoms with van der Waals surface area (Å²) in [7, 11) is 0. The molecule has 0 aromatic rings. The van der Waals surface area contributed by atoms with E-state index in [9.17, 15) is 14.4 Å². The lowest BCUT2D eigenvalue weighted by molar-refractivity contribution is -0.139. The molecule has 7 nitrogen and oxygen atoms in total. The average Bonchev–Trinajstić information content (AvgIpc) is 2.36. The van der Waals surface area contributed by atoms with Crippen LogP contribution in [0.3, 0.4) is 0 Å². The predicted octanol–water partition coefficient (Wildman–Crippen LogP) is 0.551. The van der Waals surface area contributed by atoms with E-state index in [-0.39, 0.29) is 30.8 Å². The fraction of sp³-hybridized carbons (Fsp3) is 0.786. The summed E-state index contributed by atoms with van der Waals surface area (Å²) < 4.78 is 0. The van der Waals surface area contributed by atoms with Crippen LogP contribution in [0.25, 0.3) is 0 Å². The first-order valence-corrected chi connectivity index (χ1v) is 7.57. The van der Waals surface area contributed by atoms with Crippen molar-refractivity contribution in [1.82, 2.24) is 15.5 Å². The maximum atomic E-state index is 11.7. The molecule has 21 heavy (non-hydrogen) atoms. The average molecular weight is 297 g/mol. The van der Waals surface area contributed by atoms with Crippen LogP contribution >= 0.6 is 0 Å². The van der Waals surface area contributed by atoms with Crippen molar-refractivity contribution in [2.24, 2.45) is 5.92 Å². The molecule has 0 aromatic heterocycles. The highest BCUT2D eigenvalue weighted by atomic mass is 16.4. The van der Waals surface area contributed by atoms with Crippen molar-refractivity contribution in [3.05, 3.63) is 0 Å². The number of nitrogens with zero attached hydrogens (tertiary/aromatic N) is 1. The summed E-state index contributed by atoms with van der Waals surface area (Å²) in [5, 5.41) is 13.8. The highest BCUT2D eigenvalue weighted by Gasteiger charge is 2.30. The number of carbonyl (C=O) groups excluding carboxylic acids is 2. The third-order valence-electron chi connectivity index (χ3n) is 4.06. The van der Waals surface area contributed by atoms with Crippen LogP contribution in [0.15, 0.2) is 0 Å². The zero-order valence-corrected chi connectivity index (χ0v) is 12.1. The molecule has 0 radical (unpaired) electrons. The van der Waals surface area contributed by atoms with Crippen LogP contribution in [0.1, 0.15) is 38.5 Å². The first kappa shape index (κ1) is 15.8. The van der Waals surface area contributed by atoms with Gasteiger partial charge in [-0.2, -0.15) is 0 Å². The van der Waals surface area contributed by atoms with Crippen molar-refractivity contribution in [3.63, 3.8) is 0 Å². The number of carbonyl (C=O) groups is 3. The minimum absolute atomic E-state index is 0.117. The van der Waals surface area contributed by atoms with E-state index in [2.05, 4.69) is 10.6 Å². The monoisotopic (exact) mass is 297 g/mol. The van der Waals surface area contributed by atoms with Crippen molar-refractivity contribution in [2.75, 3.05) is 19.6 Å². The van der Waals surface area contributed by atoms with Gasteiger partial charge in [0, 0.05) is 19.1 Å². The number of imide groups is 1. The van der Waals surface area contributed by atoms with E-state index in [0.717, 1.165) is 25.7 Å². The first-order valence-electron chi connectivity index (χ1n) is 7.57. The minimum Gasteiger partial charge on any atom is -0.481 e. The minimum atomic E-state index is -0.809. The Morgan fingerprint density at radius 2 is 1.76 bits per heavy atom. The molecule has 1 saturated heterocycles. The number of urea groups is 1. The standard InChI is InChI=1S/C14H23N3O4/c18-12(9-17-7-10(8-17)6-13(19)20)16-14(21)15-11-4-2-1-3-5-11/h10-11H,1-9H2,(H,19,20)(H2,15,16,18,21). The molecule has 2 rings (SSSR count). The number of aliphatic carboxylic acids is 1. The Morgan fingerprint density at radius 1 is 1.10 bits per heavy atom. The summed E-state index contributed by atoms with van der Waals surface area (Å²) in [5.74, 6) is -1.03. The van der Waals surface area contributed by atoms with Gasteiger partial charge in [-0.3, -0.25) is 19.8 Å². The summed E-state index contributed by atoms with van der Waals surface area (Å²) in [5.41, 5.74) is 0. The molecule has 1 saturated carbocycles. The predicted molar refractivity (Wildman–Crippen MR) is 75.7 cm³/mol. The molecule has 1 heterocycles. The van der Waals surface area contributed by atoms with E-state index in [1.54, 1.807) is 0 Å². The van der Waals surface area contributed by atoms with Crippen molar-refractivity contribution >= 4 is 17.9 Å². The number of likely N-dealkylation sites (tertiary alicyclic amines) is 1. The summed E-state index contributed by atoms with van der Waals surface area (Å²) in [4.78, 5) is 35.7. The van der Waals surface area contributed by atoms with Gasteiger partial charge >= 0.3 is 12.0 Å². The quantitative estimate of drug-likeness (QED) is 0.688. The number of nitrogens with one attached hydrogen (secondary N) is 2. The molecular weight excluding hydrogens is 274 g/mol. The molecule has 1 aliphatic carbocycles. The molecule has 0 bridgehead atoms. The van der Waals surface area contributed by atoms with E-state index < -0.39 is 12.0 Å². The number of hydrogen-bond donors (Lipinski definition) is 3. The van der Waals surface area contributed by atoms with Crippen LogP contribution in [0, 0.1) is 5.92 Å². The van der Waals surface area contributed by atoms with Crippen LogP contribution < -0.4 is 10.6 Å². The lowest BCUT2D eigenvalue weighted by atomic mass is 9.96. The van der Waals surface area contributed by atoms with Gasteiger partial charge in [-0.15, -0.1) is 0 Å². The summed E-state index contributed by atoms with van der Waals surface area (Å²) >= 11 is 0. The van der Waals surface area contributed by atoms with Crippen molar-refractivity contribution < 1.29 is 19.5 Å². The zero-order chi connectivity index (χ0) is 15.2. The maximum absolute atomic E-state index is 11.7. The van der Waals surface area contributed by atoms with Gasteiger partial charge in [-0.25, -0.2) is 4.79 Å². The molecule has 3 N–H and O–H groups in total. The van der Waals surface area contributed by atoms with Crippen molar-refractivity contribution in [1.29, 1.82) is 0 Å². The second-order valence-corrected chi connectivity index (χ2v) is 6.01. The maximum Gasteiger partial charge on any atom is 0.321 e. The lowest BCUT2D eigenvalue weighted by Crippen LogP contribution is -2.53. The van der Waals surface area contributed by atoms with Gasteiger partial charge in [0.2, 0.25) is 5.91 Å². The molecule has 0 atom stereocenters. The SMILES string of the molecule is O=C(O)CC1CN(CC(=O)NC(=O)NC2CCCCC2)C1. The Morgan fingerprint density at radius 3 is 2.38 bits per heavy atom. The van der Waals surface area contributed by atoms with Gasteiger partial charge in [0.15, 0.2) is 0 Å². The molecule has 118 valence electrons. The van der Waals surface area contributed by atoms with Crippen LogP contribution in [-0.4, -0.2) is 53.6 Å². The van der Waals surface area contributed by atoms with Gasteiger partial charge in [0.05, 0.1) is 13.0 Å². The second-order valence-electron chi connectivity index (χ2n) is 6.01. The Hall–Kier alpha value is -1.63. The largest absolute Gasteiger partial charge is 0.481 e. The van der Waals surface area contributed by atoms with E-state index in [1.807, 2.05) is 4.90 Å². The van der Waals surface area contributed by atoms with E-state index in [1.165, 1.54) is 6.42 Å².